The number of amides is 2. The second kappa shape index (κ2) is 6.49. The maximum Gasteiger partial charge on any atom is 0.264 e. The normalized spacial score (nSPS) is 14.8. The van der Waals surface area contributed by atoms with E-state index in [1.165, 1.54) is 12.2 Å². The van der Waals surface area contributed by atoms with Crippen molar-refractivity contribution in [3.8, 4) is 0 Å². The molecule has 7 heteroatoms. The molecule has 0 aliphatic carbocycles. The standard InChI is InChI=1S/C12H12N2O2S3/c1-8(2)18-19-10-7-9(5-6-13-10)17-14-11(15)3-4-12(14)16/h3-8H,1-2H3. The number of carbonyl (C=O) groups excluding carboxylic acids is 2. The van der Waals surface area contributed by atoms with Gasteiger partial charge in [-0.2, -0.15) is 0 Å². The van der Waals surface area contributed by atoms with Gasteiger partial charge in [-0.1, -0.05) is 24.6 Å². The van der Waals surface area contributed by atoms with Crippen molar-refractivity contribution in [2.24, 2.45) is 0 Å². The van der Waals surface area contributed by atoms with Crippen LogP contribution in [0, 0.1) is 0 Å². The molecule has 2 rings (SSSR count). The lowest BCUT2D eigenvalue weighted by Gasteiger charge is -2.12. The largest absolute Gasteiger partial charge is 0.268 e. The van der Waals surface area contributed by atoms with Crippen LogP contribution in [-0.4, -0.2) is 26.4 Å². The summed E-state index contributed by atoms with van der Waals surface area (Å²) in [4.78, 5) is 28.0. The van der Waals surface area contributed by atoms with E-state index in [4.69, 9.17) is 0 Å². The van der Waals surface area contributed by atoms with E-state index in [9.17, 15) is 9.59 Å². The second-order valence-corrected chi connectivity index (χ2v) is 7.77. The van der Waals surface area contributed by atoms with E-state index in [-0.39, 0.29) is 11.8 Å². The Hall–Kier alpha value is -0.920. The minimum atomic E-state index is -0.294. The molecule has 0 saturated heterocycles. The van der Waals surface area contributed by atoms with Crippen LogP contribution in [0.5, 0.6) is 0 Å². The van der Waals surface area contributed by atoms with Crippen molar-refractivity contribution in [2.75, 3.05) is 0 Å². The van der Waals surface area contributed by atoms with Crippen LogP contribution in [-0.2, 0) is 9.59 Å². The average Bonchev–Trinajstić information content (AvgIpc) is 2.69. The van der Waals surface area contributed by atoms with Crippen molar-refractivity contribution >= 4 is 45.4 Å². The second-order valence-electron chi connectivity index (χ2n) is 3.95. The van der Waals surface area contributed by atoms with Gasteiger partial charge >= 0.3 is 0 Å². The van der Waals surface area contributed by atoms with Crippen molar-refractivity contribution in [3.63, 3.8) is 0 Å². The molecule has 4 nitrogen and oxygen atoms in total. The lowest BCUT2D eigenvalue weighted by Crippen LogP contribution is -2.22. The van der Waals surface area contributed by atoms with Crippen molar-refractivity contribution in [3.05, 3.63) is 30.5 Å². The van der Waals surface area contributed by atoms with Crippen molar-refractivity contribution in [1.82, 2.24) is 9.29 Å². The molecule has 0 fully saturated rings. The molecule has 1 aliphatic rings. The highest BCUT2D eigenvalue weighted by Crippen LogP contribution is 2.35. The summed E-state index contributed by atoms with van der Waals surface area (Å²) in [7, 11) is 3.31. The number of carbonyl (C=O) groups is 2. The zero-order chi connectivity index (χ0) is 13.8. The van der Waals surface area contributed by atoms with Gasteiger partial charge in [-0.25, -0.2) is 9.29 Å². The molecule has 2 amide bonds. The molecule has 0 atom stereocenters. The fraction of sp³-hybridized carbons (Fsp3) is 0.250. The van der Waals surface area contributed by atoms with Crippen LogP contribution >= 0.6 is 33.5 Å². The Morgan fingerprint density at radius 2 is 1.89 bits per heavy atom. The first kappa shape index (κ1) is 14.5. The Morgan fingerprint density at radius 3 is 2.53 bits per heavy atom. The predicted octanol–water partition coefficient (Wildman–Crippen LogP) is 3.16. The molecule has 0 saturated carbocycles. The molecule has 100 valence electrons. The van der Waals surface area contributed by atoms with E-state index in [0.29, 0.717) is 5.25 Å². The van der Waals surface area contributed by atoms with E-state index in [1.807, 2.05) is 6.07 Å². The molecule has 1 aromatic rings. The van der Waals surface area contributed by atoms with Crippen LogP contribution in [0.25, 0.3) is 0 Å². The number of imide groups is 1. The van der Waals surface area contributed by atoms with Crippen LogP contribution in [0.15, 0.2) is 40.4 Å². The van der Waals surface area contributed by atoms with Gasteiger partial charge in [-0.05, 0) is 34.9 Å². The van der Waals surface area contributed by atoms with Gasteiger partial charge in [0.05, 0.1) is 0 Å². The number of rotatable bonds is 5. The molecule has 19 heavy (non-hydrogen) atoms. The third-order valence-electron chi connectivity index (χ3n) is 2.00. The lowest BCUT2D eigenvalue weighted by atomic mass is 10.5. The molecule has 0 radical (unpaired) electrons. The van der Waals surface area contributed by atoms with Gasteiger partial charge in [0.1, 0.15) is 5.03 Å². The summed E-state index contributed by atoms with van der Waals surface area (Å²) < 4.78 is 1.14. The monoisotopic (exact) mass is 312 g/mol. The van der Waals surface area contributed by atoms with E-state index in [1.54, 1.807) is 33.9 Å². The van der Waals surface area contributed by atoms with Gasteiger partial charge in [0.15, 0.2) is 0 Å². The first-order valence-electron chi connectivity index (χ1n) is 5.60. The van der Waals surface area contributed by atoms with Crippen molar-refractivity contribution < 1.29 is 9.59 Å². The third kappa shape index (κ3) is 4.02. The van der Waals surface area contributed by atoms with Crippen LogP contribution in [0.1, 0.15) is 13.8 Å². The highest BCUT2D eigenvalue weighted by Gasteiger charge is 2.24. The molecular weight excluding hydrogens is 300 g/mol. The van der Waals surface area contributed by atoms with E-state index in [2.05, 4.69) is 18.8 Å². The van der Waals surface area contributed by atoms with Gasteiger partial charge in [-0.15, -0.1) is 0 Å². The zero-order valence-corrected chi connectivity index (χ0v) is 12.8. The van der Waals surface area contributed by atoms with E-state index >= 15 is 0 Å². The van der Waals surface area contributed by atoms with Crippen LogP contribution in [0.3, 0.4) is 0 Å². The van der Waals surface area contributed by atoms with Crippen LogP contribution in [0.2, 0.25) is 0 Å². The summed E-state index contributed by atoms with van der Waals surface area (Å²) in [5.74, 6) is -0.588. The summed E-state index contributed by atoms with van der Waals surface area (Å²) in [5.41, 5.74) is 0. The molecule has 1 aliphatic heterocycles. The fourth-order valence-corrected chi connectivity index (χ4v) is 3.81. The van der Waals surface area contributed by atoms with Gasteiger partial charge in [0.2, 0.25) is 0 Å². The van der Waals surface area contributed by atoms with E-state index in [0.717, 1.165) is 26.2 Å². The van der Waals surface area contributed by atoms with Crippen LogP contribution in [0.4, 0.5) is 0 Å². The minimum Gasteiger partial charge on any atom is -0.268 e. The number of nitrogens with zero attached hydrogens (tertiary/aromatic N) is 2. The minimum absolute atomic E-state index is 0.294. The van der Waals surface area contributed by atoms with Gasteiger partial charge in [0.25, 0.3) is 11.8 Å². The highest BCUT2D eigenvalue weighted by atomic mass is 33.1. The SMILES string of the molecule is CC(C)SSc1cc(SN2C(=O)C=CC2=O)ccn1. The topological polar surface area (TPSA) is 50.3 Å². The molecule has 0 spiro atoms. The Bertz CT molecular complexity index is 513. The number of hydrogen-bond donors (Lipinski definition) is 0. The quantitative estimate of drug-likeness (QED) is 0.473. The number of hydrogen-bond acceptors (Lipinski definition) is 6. The first-order valence-corrected chi connectivity index (χ1v) is 8.58. The maximum absolute atomic E-state index is 11.5. The predicted molar refractivity (Wildman–Crippen MR) is 79.7 cm³/mol. The van der Waals surface area contributed by atoms with Crippen LogP contribution < -0.4 is 0 Å². The molecule has 0 unspecified atom stereocenters. The first-order chi connectivity index (χ1) is 9.06. The molecule has 1 aromatic heterocycles. The van der Waals surface area contributed by atoms with E-state index < -0.39 is 0 Å². The molecule has 0 N–H and O–H groups in total. The Balaban J connectivity index is 2.03. The van der Waals surface area contributed by atoms with Crippen molar-refractivity contribution in [1.29, 1.82) is 0 Å². The Kier molecular flexibility index (Phi) is 4.95. The number of pyridine rings is 1. The van der Waals surface area contributed by atoms with Crippen molar-refractivity contribution in [2.45, 2.75) is 29.0 Å². The average molecular weight is 312 g/mol. The summed E-state index contributed by atoms with van der Waals surface area (Å²) in [5, 5.41) is 1.38. The van der Waals surface area contributed by atoms with Gasteiger partial charge in [0, 0.05) is 28.5 Å². The Morgan fingerprint density at radius 1 is 1.21 bits per heavy atom. The molecule has 0 aromatic carbocycles. The Labute approximate surface area is 123 Å². The molecule has 2 heterocycles. The summed E-state index contributed by atoms with van der Waals surface area (Å²) >= 11 is 1.12. The summed E-state index contributed by atoms with van der Waals surface area (Å²) in [6.07, 6.45) is 4.24. The lowest BCUT2D eigenvalue weighted by molar-refractivity contribution is -0.130. The smallest absolute Gasteiger partial charge is 0.264 e. The highest BCUT2D eigenvalue weighted by molar-refractivity contribution is 8.76. The maximum atomic E-state index is 11.5. The zero-order valence-electron chi connectivity index (χ0n) is 10.4. The molecule has 0 bridgehead atoms. The summed E-state index contributed by atoms with van der Waals surface area (Å²) in [6, 6.07) is 3.66. The fourth-order valence-electron chi connectivity index (χ4n) is 1.22. The third-order valence-corrected chi connectivity index (χ3v) is 5.84. The van der Waals surface area contributed by atoms with Gasteiger partial charge in [-0.3, -0.25) is 9.59 Å². The van der Waals surface area contributed by atoms with Gasteiger partial charge < -0.3 is 0 Å². The summed E-state index contributed by atoms with van der Waals surface area (Å²) in [6.45, 7) is 4.23. The molecular formula is C12H12N2O2S3. The number of aromatic nitrogens is 1.